The molecule has 0 atom stereocenters. The van der Waals surface area contributed by atoms with E-state index in [-0.39, 0.29) is 5.75 Å². The molecule has 0 aliphatic rings. The molecule has 0 radical (unpaired) electrons. The molecule has 0 heterocycles. The fourth-order valence-electron chi connectivity index (χ4n) is 1.22. The van der Waals surface area contributed by atoms with E-state index in [2.05, 4.69) is 15.9 Å². The zero-order valence-electron chi connectivity index (χ0n) is 10.7. The molecule has 0 saturated heterocycles. The third-order valence-electron chi connectivity index (χ3n) is 2.51. The Kier molecular flexibility index (Phi) is 5.14. The van der Waals surface area contributed by atoms with E-state index in [0.29, 0.717) is 11.4 Å². The second-order valence-corrected chi connectivity index (χ2v) is 9.88. The van der Waals surface area contributed by atoms with Gasteiger partial charge in [0.2, 0.25) is 0 Å². The fraction of sp³-hybridized carbons (Fsp3) is 0.500. The summed E-state index contributed by atoms with van der Waals surface area (Å²) < 4.78 is 24.1. The molecule has 1 aromatic rings. The second-order valence-electron chi connectivity index (χ2n) is 4.96. The molecule has 0 bridgehead atoms. The van der Waals surface area contributed by atoms with Gasteiger partial charge >= 0.3 is 0 Å². The number of nitrogen functional groups attached to an aromatic ring is 1. The Balaban J connectivity index is 2.63. The van der Waals surface area contributed by atoms with E-state index in [4.69, 9.17) is 5.73 Å². The van der Waals surface area contributed by atoms with E-state index in [0.717, 1.165) is 9.37 Å². The Hall–Kier alpha value is -0.200. The summed E-state index contributed by atoms with van der Waals surface area (Å²) in [6, 6.07) is 5.62. The molecule has 0 unspecified atom stereocenters. The Morgan fingerprint density at radius 2 is 1.94 bits per heavy atom. The summed E-state index contributed by atoms with van der Waals surface area (Å²) in [6.45, 7) is 5.17. The molecule has 0 spiro atoms. The van der Waals surface area contributed by atoms with Gasteiger partial charge in [-0.25, -0.2) is 8.42 Å². The third-order valence-corrected chi connectivity index (χ3v) is 6.96. The molecule has 0 amide bonds. The zero-order valence-corrected chi connectivity index (χ0v) is 14.0. The minimum atomic E-state index is -3.06. The van der Waals surface area contributed by atoms with Gasteiger partial charge < -0.3 is 5.73 Å². The van der Waals surface area contributed by atoms with Gasteiger partial charge in [-0.2, -0.15) is 0 Å². The van der Waals surface area contributed by atoms with Crippen LogP contribution in [0.5, 0.6) is 0 Å². The first kappa shape index (κ1) is 15.9. The van der Waals surface area contributed by atoms with Crippen molar-refractivity contribution in [2.45, 2.75) is 30.4 Å². The molecule has 1 rings (SSSR count). The molecule has 0 saturated carbocycles. The SMILES string of the molecule is CC(C)(C)S(=O)(=O)CCSc1ccc(Br)cc1N. The van der Waals surface area contributed by atoms with Crippen LogP contribution < -0.4 is 5.73 Å². The molecule has 102 valence electrons. The summed E-state index contributed by atoms with van der Waals surface area (Å²) in [6.07, 6.45) is 0. The maximum atomic E-state index is 11.9. The van der Waals surface area contributed by atoms with E-state index in [1.54, 1.807) is 20.8 Å². The predicted octanol–water partition coefficient (Wildman–Crippen LogP) is 3.34. The van der Waals surface area contributed by atoms with Crippen molar-refractivity contribution in [2.24, 2.45) is 0 Å². The summed E-state index contributed by atoms with van der Waals surface area (Å²) in [5.74, 6) is 0.683. The lowest BCUT2D eigenvalue weighted by molar-refractivity contribution is 0.562. The van der Waals surface area contributed by atoms with Crippen molar-refractivity contribution in [3.8, 4) is 0 Å². The molecule has 0 aliphatic heterocycles. The van der Waals surface area contributed by atoms with Crippen LogP contribution in [-0.2, 0) is 9.84 Å². The van der Waals surface area contributed by atoms with Crippen LogP contribution in [0.3, 0.4) is 0 Å². The highest BCUT2D eigenvalue weighted by molar-refractivity contribution is 9.10. The van der Waals surface area contributed by atoms with Crippen LogP contribution in [0.25, 0.3) is 0 Å². The number of halogens is 1. The number of hydrogen-bond donors (Lipinski definition) is 1. The van der Waals surface area contributed by atoms with Gasteiger partial charge in [0, 0.05) is 20.8 Å². The normalized spacial score (nSPS) is 12.7. The number of anilines is 1. The van der Waals surface area contributed by atoms with Crippen molar-refractivity contribution in [1.29, 1.82) is 0 Å². The molecule has 0 aromatic heterocycles. The molecule has 2 N–H and O–H groups in total. The van der Waals surface area contributed by atoms with Crippen LogP contribution in [-0.4, -0.2) is 24.7 Å². The van der Waals surface area contributed by atoms with E-state index in [9.17, 15) is 8.42 Å². The number of rotatable bonds is 4. The van der Waals surface area contributed by atoms with Crippen LogP contribution in [0, 0.1) is 0 Å². The molecular weight excluding hydrogens is 334 g/mol. The maximum Gasteiger partial charge on any atom is 0.156 e. The Morgan fingerprint density at radius 1 is 1.33 bits per heavy atom. The van der Waals surface area contributed by atoms with Crippen molar-refractivity contribution >= 4 is 43.2 Å². The summed E-state index contributed by atoms with van der Waals surface area (Å²) in [5, 5.41) is 0. The second kappa shape index (κ2) is 5.84. The number of nitrogens with two attached hydrogens (primary N) is 1. The molecule has 0 fully saturated rings. The molecule has 18 heavy (non-hydrogen) atoms. The highest BCUT2D eigenvalue weighted by Gasteiger charge is 2.28. The van der Waals surface area contributed by atoms with Crippen LogP contribution in [0.2, 0.25) is 0 Å². The van der Waals surface area contributed by atoms with Gasteiger partial charge in [-0.05, 0) is 39.0 Å². The number of sulfone groups is 1. The number of thioether (sulfide) groups is 1. The van der Waals surface area contributed by atoms with Crippen LogP contribution >= 0.6 is 27.7 Å². The van der Waals surface area contributed by atoms with Gasteiger partial charge in [0.05, 0.1) is 10.5 Å². The molecule has 0 aliphatic carbocycles. The molecule has 3 nitrogen and oxygen atoms in total. The average Bonchev–Trinajstić information content (AvgIpc) is 2.19. The van der Waals surface area contributed by atoms with E-state index in [1.807, 2.05) is 18.2 Å². The third kappa shape index (κ3) is 4.17. The molecule has 1 aromatic carbocycles. The topological polar surface area (TPSA) is 60.2 Å². The minimum Gasteiger partial charge on any atom is -0.398 e. The highest BCUT2D eigenvalue weighted by atomic mass is 79.9. The Morgan fingerprint density at radius 3 is 2.44 bits per heavy atom. The van der Waals surface area contributed by atoms with Gasteiger partial charge in [-0.3, -0.25) is 0 Å². The van der Waals surface area contributed by atoms with Crippen molar-refractivity contribution in [1.82, 2.24) is 0 Å². The van der Waals surface area contributed by atoms with Crippen molar-refractivity contribution in [3.05, 3.63) is 22.7 Å². The van der Waals surface area contributed by atoms with Crippen molar-refractivity contribution < 1.29 is 8.42 Å². The zero-order chi connectivity index (χ0) is 14.0. The summed E-state index contributed by atoms with van der Waals surface area (Å²) in [4.78, 5) is 0.919. The lowest BCUT2D eigenvalue weighted by Crippen LogP contribution is -2.31. The standard InChI is InChI=1S/C12H18BrNO2S2/c1-12(2,3)18(15,16)7-6-17-11-5-4-9(13)8-10(11)14/h4-5,8H,6-7,14H2,1-3H3. The molecule has 6 heteroatoms. The smallest absolute Gasteiger partial charge is 0.156 e. The van der Waals surface area contributed by atoms with Crippen LogP contribution in [0.1, 0.15) is 20.8 Å². The van der Waals surface area contributed by atoms with Crippen molar-refractivity contribution in [3.63, 3.8) is 0 Å². The average molecular weight is 352 g/mol. The van der Waals surface area contributed by atoms with Gasteiger partial charge in [0.1, 0.15) is 0 Å². The first-order valence-corrected chi connectivity index (χ1v) is 8.97. The van der Waals surface area contributed by atoms with Gasteiger partial charge in [-0.1, -0.05) is 15.9 Å². The highest BCUT2D eigenvalue weighted by Crippen LogP contribution is 2.28. The van der Waals surface area contributed by atoms with E-state index in [1.165, 1.54) is 11.8 Å². The van der Waals surface area contributed by atoms with Gasteiger partial charge in [0.15, 0.2) is 9.84 Å². The summed E-state index contributed by atoms with van der Waals surface area (Å²) in [5.41, 5.74) is 6.53. The summed E-state index contributed by atoms with van der Waals surface area (Å²) in [7, 11) is -3.06. The first-order valence-electron chi connectivity index (χ1n) is 5.53. The minimum absolute atomic E-state index is 0.163. The van der Waals surface area contributed by atoms with Crippen LogP contribution in [0.4, 0.5) is 5.69 Å². The lowest BCUT2D eigenvalue weighted by atomic mass is 10.3. The van der Waals surface area contributed by atoms with E-state index >= 15 is 0 Å². The number of hydrogen-bond acceptors (Lipinski definition) is 4. The molecular formula is C12H18BrNO2S2. The first-order chi connectivity index (χ1) is 8.13. The summed E-state index contributed by atoms with van der Waals surface area (Å²) >= 11 is 4.81. The largest absolute Gasteiger partial charge is 0.398 e. The Labute approximate surface area is 122 Å². The Bertz CT molecular complexity index is 521. The fourth-order valence-corrected chi connectivity index (χ4v) is 4.03. The monoisotopic (exact) mass is 351 g/mol. The lowest BCUT2D eigenvalue weighted by Gasteiger charge is -2.18. The number of benzene rings is 1. The van der Waals surface area contributed by atoms with Gasteiger partial charge in [-0.15, -0.1) is 11.8 Å². The van der Waals surface area contributed by atoms with Crippen LogP contribution in [0.15, 0.2) is 27.6 Å². The predicted molar refractivity (Wildman–Crippen MR) is 82.8 cm³/mol. The maximum absolute atomic E-state index is 11.9. The quantitative estimate of drug-likeness (QED) is 0.667. The van der Waals surface area contributed by atoms with Crippen molar-refractivity contribution in [2.75, 3.05) is 17.2 Å². The van der Waals surface area contributed by atoms with E-state index < -0.39 is 14.6 Å². The van der Waals surface area contributed by atoms with Gasteiger partial charge in [0.25, 0.3) is 0 Å².